The number of hydrogen-bond donors (Lipinski definition) is 0. The first-order chi connectivity index (χ1) is 30.5. The van der Waals surface area contributed by atoms with Gasteiger partial charge in [0.1, 0.15) is 19.8 Å². The molecule has 0 aromatic carbocycles. The number of allylic oxidation sites excluding steroid dienone is 10. The molecule has 4 atom stereocenters. The number of hydrogen-bond acceptors (Lipinski definition) is 9. The fraction of sp³-hybridized carbons (Fsp3) is 0.731. The van der Waals surface area contributed by atoms with Gasteiger partial charge in [-0.15, -0.1) is 0 Å². The number of esters is 2. The average Bonchev–Trinajstić information content (AvgIpc) is 3.99. The van der Waals surface area contributed by atoms with Gasteiger partial charge in [0, 0.05) is 12.8 Å². The van der Waals surface area contributed by atoms with Gasteiger partial charge in [0.2, 0.25) is 0 Å². The van der Waals surface area contributed by atoms with Crippen molar-refractivity contribution in [2.45, 2.75) is 199 Å². The highest BCUT2D eigenvalue weighted by Crippen LogP contribution is 2.38. The molecule has 0 saturated carbocycles. The first-order valence-electron chi connectivity index (χ1n) is 24.8. The van der Waals surface area contributed by atoms with Crippen LogP contribution in [0.3, 0.4) is 0 Å². The first-order valence-corrected chi connectivity index (χ1v) is 26.2. The van der Waals surface area contributed by atoms with Gasteiger partial charge in [0.25, 0.3) is 7.82 Å². The molecule has 1 rings (SSSR count). The predicted molar refractivity (Wildman–Crippen MR) is 258 cm³/mol. The molecule has 1 aliphatic heterocycles. The van der Waals surface area contributed by atoms with Gasteiger partial charge in [-0.05, 0) is 77.0 Å². The Kier molecular flexibility index (Phi) is 36.9. The van der Waals surface area contributed by atoms with Crippen molar-refractivity contribution in [3.05, 3.63) is 72.9 Å². The molecule has 0 amide bonds. The molecule has 0 N–H and O–H groups in total. The van der Waals surface area contributed by atoms with Gasteiger partial charge in [0.15, 0.2) is 6.10 Å². The zero-order chi connectivity index (χ0) is 46.1. The van der Waals surface area contributed by atoms with Crippen LogP contribution in [-0.2, 0) is 37.4 Å². The summed E-state index contributed by atoms with van der Waals surface area (Å²) in [5.74, 6) is -0.941. The second-order valence-corrected chi connectivity index (χ2v) is 19.2. The van der Waals surface area contributed by atoms with E-state index in [2.05, 4.69) is 74.6 Å². The van der Waals surface area contributed by atoms with Gasteiger partial charge in [-0.3, -0.25) is 14.2 Å². The molecule has 63 heavy (non-hydrogen) atoms. The maximum absolute atomic E-state index is 12.7. The third-order valence-electron chi connectivity index (χ3n) is 10.6. The molecule has 0 aromatic heterocycles. The van der Waals surface area contributed by atoms with Crippen molar-refractivity contribution in [2.24, 2.45) is 0 Å². The van der Waals surface area contributed by atoms with Crippen molar-refractivity contribution >= 4 is 19.8 Å². The largest absolute Gasteiger partial charge is 0.756 e. The van der Waals surface area contributed by atoms with Crippen LogP contribution in [0.4, 0.5) is 0 Å². The lowest BCUT2D eigenvalue weighted by Crippen LogP contribution is -2.37. The fourth-order valence-electron chi connectivity index (χ4n) is 6.66. The molecular formula is C52H90NO9P. The van der Waals surface area contributed by atoms with Crippen molar-refractivity contribution in [2.75, 3.05) is 47.5 Å². The van der Waals surface area contributed by atoms with Gasteiger partial charge < -0.3 is 32.6 Å². The van der Waals surface area contributed by atoms with E-state index in [0.29, 0.717) is 36.1 Å². The molecule has 10 nitrogen and oxygen atoms in total. The minimum Gasteiger partial charge on any atom is -0.756 e. The molecule has 1 aliphatic rings. The van der Waals surface area contributed by atoms with E-state index in [1.54, 1.807) is 0 Å². The van der Waals surface area contributed by atoms with E-state index >= 15 is 0 Å². The SMILES string of the molecule is CC/C=C\CC1OC1C/C=C\C/C=C\C/C=C\C/C=C\CCC(=O)OC[C@H](COP(=O)([O-])OCC[N+](C)(C)C)OC(=O)CCCCCCCCCCC/C=C\CCCCCCCC. The normalized spacial score (nSPS) is 17.3. The maximum atomic E-state index is 12.7. The number of likely N-dealkylation sites (N-methyl/N-ethyl adjacent to an activating group) is 1. The minimum atomic E-state index is -4.65. The van der Waals surface area contributed by atoms with Crippen molar-refractivity contribution in [3.8, 4) is 0 Å². The second-order valence-electron chi connectivity index (χ2n) is 17.8. The summed E-state index contributed by atoms with van der Waals surface area (Å²) in [6.45, 7) is 4.01. The molecule has 0 spiro atoms. The standard InChI is InChI=1S/C52H90NO9P/c1-6-8-10-11-12-13-14-15-16-17-18-19-20-21-26-29-32-35-39-43-52(55)61-48(47-60-63(56,57)59-45-44-53(3,4)5)46-58-51(54)42-38-34-31-28-25-23-22-24-27-30-33-37-41-50-49(62-50)40-36-9-7-2/h9,15-16,23-25,27,31,33-34,36-37,48-50H,6-8,10-14,17-22,26,28-30,32,35,38-47H2,1-5H3/b16-15-,25-23-,27-24-,34-31-,36-9-,37-33-/t48-,49?,50?/m1/s1. The Bertz CT molecular complexity index is 1370. The van der Waals surface area contributed by atoms with Gasteiger partial charge >= 0.3 is 11.9 Å². The maximum Gasteiger partial charge on any atom is 0.306 e. The van der Waals surface area contributed by atoms with E-state index in [-0.39, 0.29) is 26.1 Å². The van der Waals surface area contributed by atoms with Crippen LogP contribution in [0.25, 0.3) is 0 Å². The third kappa shape index (κ3) is 40.6. The van der Waals surface area contributed by atoms with Crippen molar-refractivity contribution < 1.29 is 46.8 Å². The number of ether oxygens (including phenoxy) is 3. The quantitative estimate of drug-likeness (QED) is 0.0147. The average molecular weight is 904 g/mol. The molecule has 1 saturated heterocycles. The van der Waals surface area contributed by atoms with Crippen LogP contribution < -0.4 is 4.89 Å². The van der Waals surface area contributed by atoms with E-state index in [9.17, 15) is 19.0 Å². The summed E-state index contributed by atoms with van der Waals surface area (Å²) in [6, 6.07) is 0. The fourth-order valence-corrected chi connectivity index (χ4v) is 7.39. The smallest absolute Gasteiger partial charge is 0.306 e. The van der Waals surface area contributed by atoms with Gasteiger partial charge in [-0.1, -0.05) is 164 Å². The minimum absolute atomic E-state index is 0.0473. The summed E-state index contributed by atoms with van der Waals surface area (Å²) in [4.78, 5) is 37.7. The van der Waals surface area contributed by atoms with Crippen LogP contribution in [0.5, 0.6) is 0 Å². The predicted octanol–water partition coefficient (Wildman–Crippen LogP) is 12.9. The Labute approximate surface area is 384 Å². The molecule has 3 unspecified atom stereocenters. The van der Waals surface area contributed by atoms with Crippen LogP contribution in [0.1, 0.15) is 181 Å². The topological polar surface area (TPSA) is 124 Å². The number of unbranched alkanes of at least 4 members (excludes halogenated alkanes) is 15. The van der Waals surface area contributed by atoms with Gasteiger partial charge in [-0.2, -0.15) is 0 Å². The number of quaternary nitrogens is 1. The van der Waals surface area contributed by atoms with Crippen molar-refractivity contribution in [3.63, 3.8) is 0 Å². The van der Waals surface area contributed by atoms with Crippen LogP contribution in [0.15, 0.2) is 72.9 Å². The highest BCUT2D eigenvalue weighted by molar-refractivity contribution is 7.45. The number of epoxide rings is 1. The summed E-state index contributed by atoms with van der Waals surface area (Å²) in [5.41, 5.74) is 0. The monoisotopic (exact) mass is 904 g/mol. The molecule has 1 heterocycles. The highest BCUT2D eigenvalue weighted by atomic mass is 31.2. The molecular weight excluding hydrogens is 814 g/mol. The Hall–Kier alpha value is -2.59. The van der Waals surface area contributed by atoms with Gasteiger partial charge in [0.05, 0.1) is 40.0 Å². The lowest BCUT2D eigenvalue weighted by Gasteiger charge is -2.28. The Morgan fingerprint density at radius 2 is 1.08 bits per heavy atom. The summed E-state index contributed by atoms with van der Waals surface area (Å²) in [5, 5.41) is 0. The number of carbonyl (C=O) groups is 2. The number of phosphoric ester groups is 1. The molecule has 0 aliphatic carbocycles. The van der Waals surface area contributed by atoms with Crippen LogP contribution in [-0.4, -0.2) is 82.2 Å². The van der Waals surface area contributed by atoms with Crippen molar-refractivity contribution in [1.82, 2.24) is 0 Å². The van der Waals surface area contributed by atoms with Crippen LogP contribution >= 0.6 is 7.82 Å². The number of carbonyl (C=O) groups excluding carboxylic acids is 2. The van der Waals surface area contributed by atoms with E-state index in [0.717, 1.165) is 57.8 Å². The number of phosphoric acid groups is 1. The highest BCUT2D eigenvalue weighted by Gasteiger charge is 2.36. The lowest BCUT2D eigenvalue weighted by molar-refractivity contribution is -0.870. The molecule has 0 aromatic rings. The second kappa shape index (κ2) is 39.7. The lowest BCUT2D eigenvalue weighted by atomic mass is 10.1. The molecule has 11 heteroatoms. The van der Waals surface area contributed by atoms with E-state index in [4.69, 9.17) is 23.3 Å². The zero-order valence-electron chi connectivity index (χ0n) is 40.4. The Morgan fingerprint density at radius 3 is 1.63 bits per heavy atom. The molecule has 0 bridgehead atoms. The Morgan fingerprint density at radius 1 is 0.587 bits per heavy atom. The van der Waals surface area contributed by atoms with Crippen molar-refractivity contribution in [1.29, 1.82) is 0 Å². The summed E-state index contributed by atoms with van der Waals surface area (Å²) >= 11 is 0. The molecule has 362 valence electrons. The third-order valence-corrected chi connectivity index (χ3v) is 11.6. The molecule has 0 radical (unpaired) electrons. The number of rotatable bonds is 43. The van der Waals surface area contributed by atoms with Crippen LogP contribution in [0, 0.1) is 0 Å². The molecule has 1 fully saturated rings. The summed E-state index contributed by atoms with van der Waals surface area (Å²) in [7, 11) is 1.11. The van der Waals surface area contributed by atoms with E-state index in [1.165, 1.54) is 83.5 Å². The van der Waals surface area contributed by atoms with E-state index < -0.39 is 32.5 Å². The summed E-state index contributed by atoms with van der Waals surface area (Å²) < 4.78 is 39.6. The van der Waals surface area contributed by atoms with E-state index in [1.807, 2.05) is 33.3 Å². The summed E-state index contributed by atoms with van der Waals surface area (Å²) in [6.07, 6.45) is 52.7. The number of nitrogens with zero attached hydrogens (tertiary/aromatic N) is 1. The first kappa shape index (κ1) is 58.4. The van der Waals surface area contributed by atoms with Gasteiger partial charge in [-0.25, -0.2) is 0 Å². The zero-order valence-corrected chi connectivity index (χ0v) is 41.3. The Balaban J connectivity index is 2.28. The van der Waals surface area contributed by atoms with Crippen LogP contribution in [0.2, 0.25) is 0 Å².